The van der Waals surface area contributed by atoms with E-state index < -0.39 is 0 Å². The first-order valence-corrected chi connectivity index (χ1v) is 9.61. The molecule has 0 saturated heterocycles. The number of aryl methyl sites for hydroxylation is 2. The van der Waals surface area contributed by atoms with Crippen LogP contribution in [-0.2, 0) is 13.0 Å². The van der Waals surface area contributed by atoms with E-state index in [1.54, 1.807) is 6.21 Å². The maximum Gasteiger partial charge on any atom is 0.157 e. The van der Waals surface area contributed by atoms with Gasteiger partial charge in [0.2, 0.25) is 0 Å². The van der Waals surface area contributed by atoms with Crippen molar-refractivity contribution in [2.24, 2.45) is 4.99 Å². The molecular weight excluding hydrogens is 377 g/mol. The van der Waals surface area contributed by atoms with Gasteiger partial charge in [0, 0.05) is 6.21 Å². The molecule has 0 heterocycles. The van der Waals surface area contributed by atoms with Gasteiger partial charge in [-0.2, -0.15) is 0 Å². The fraction of sp³-hybridized carbons (Fsp3) is 0.174. The van der Waals surface area contributed by atoms with Crippen LogP contribution in [-0.4, -0.2) is 6.21 Å². The molecule has 0 fully saturated rings. The van der Waals surface area contributed by atoms with E-state index in [0.29, 0.717) is 22.4 Å². The van der Waals surface area contributed by atoms with Gasteiger partial charge in [-0.05, 0) is 54.3 Å². The molecule has 2 nitrogen and oxygen atoms in total. The molecule has 0 saturated carbocycles. The summed E-state index contributed by atoms with van der Waals surface area (Å²) < 4.78 is 5.83. The zero-order valence-electron chi connectivity index (χ0n) is 15.4. The van der Waals surface area contributed by atoms with Crippen molar-refractivity contribution in [3.8, 4) is 5.75 Å². The molecule has 0 aliphatic carbocycles. The van der Waals surface area contributed by atoms with E-state index in [1.165, 1.54) is 11.1 Å². The predicted molar refractivity (Wildman–Crippen MR) is 115 cm³/mol. The first-order chi connectivity index (χ1) is 13.0. The second kappa shape index (κ2) is 9.07. The van der Waals surface area contributed by atoms with Crippen LogP contribution in [0, 0.1) is 6.92 Å². The van der Waals surface area contributed by atoms with E-state index >= 15 is 0 Å². The zero-order chi connectivity index (χ0) is 19.2. The monoisotopic (exact) mass is 397 g/mol. The number of hydrogen-bond donors (Lipinski definition) is 0. The summed E-state index contributed by atoms with van der Waals surface area (Å²) in [4.78, 5) is 4.48. The molecular formula is C23H21Cl2NO. The number of hydrogen-bond acceptors (Lipinski definition) is 2. The topological polar surface area (TPSA) is 21.6 Å². The minimum atomic E-state index is 0.414. The molecule has 27 heavy (non-hydrogen) atoms. The Hall–Kier alpha value is -2.29. The summed E-state index contributed by atoms with van der Waals surface area (Å²) in [5.74, 6) is 0.489. The lowest BCUT2D eigenvalue weighted by Crippen LogP contribution is -1.97. The Bertz CT molecular complexity index is 909. The third-order valence-corrected chi connectivity index (χ3v) is 4.79. The first kappa shape index (κ1) is 19.5. The molecule has 0 radical (unpaired) electrons. The first-order valence-electron chi connectivity index (χ1n) is 8.85. The van der Waals surface area contributed by atoms with Gasteiger partial charge in [0.05, 0.1) is 15.7 Å². The molecule has 0 aliphatic heterocycles. The molecule has 4 heteroatoms. The van der Waals surface area contributed by atoms with Crippen LogP contribution >= 0.6 is 23.2 Å². The molecule has 138 valence electrons. The number of aliphatic imine (C=N–C) groups is 1. The normalized spacial score (nSPS) is 11.1. The van der Waals surface area contributed by atoms with Gasteiger partial charge >= 0.3 is 0 Å². The third-order valence-electron chi connectivity index (χ3n) is 4.23. The maximum atomic E-state index is 6.38. The summed E-state index contributed by atoms with van der Waals surface area (Å²) >= 11 is 12.8. The second-order valence-corrected chi connectivity index (χ2v) is 7.18. The molecule has 3 aromatic carbocycles. The third kappa shape index (κ3) is 5.35. The molecule has 0 spiro atoms. The number of halogens is 2. The van der Waals surface area contributed by atoms with E-state index in [-0.39, 0.29) is 0 Å². The minimum Gasteiger partial charge on any atom is -0.486 e. The van der Waals surface area contributed by atoms with Crippen molar-refractivity contribution >= 4 is 35.1 Å². The highest BCUT2D eigenvalue weighted by Gasteiger charge is 2.09. The van der Waals surface area contributed by atoms with Crippen LogP contribution in [0.3, 0.4) is 0 Å². The Labute approximate surface area is 170 Å². The zero-order valence-corrected chi connectivity index (χ0v) is 16.9. The van der Waals surface area contributed by atoms with Crippen LogP contribution < -0.4 is 4.74 Å². The van der Waals surface area contributed by atoms with Crippen molar-refractivity contribution in [3.05, 3.63) is 93.0 Å². The molecule has 0 bridgehead atoms. The van der Waals surface area contributed by atoms with E-state index in [9.17, 15) is 0 Å². The summed E-state index contributed by atoms with van der Waals surface area (Å²) in [5.41, 5.74) is 5.28. The summed E-state index contributed by atoms with van der Waals surface area (Å²) in [6.45, 7) is 4.60. The Kier molecular flexibility index (Phi) is 6.54. The highest BCUT2D eigenvalue weighted by Crippen LogP contribution is 2.34. The van der Waals surface area contributed by atoms with Gasteiger partial charge in [-0.3, -0.25) is 4.99 Å². The van der Waals surface area contributed by atoms with Crippen molar-refractivity contribution in [1.29, 1.82) is 0 Å². The average molecular weight is 398 g/mol. The molecule has 3 aromatic rings. The minimum absolute atomic E-state index is 0.414. The van der Waals surface area contributed by atoms with E-state index in [1.807, 2.05) is 36.4 Å². The van der Waals surface area contributed by atoms with Gasteiger partial charge in [0.1, 0.15) is 6.61 Å². The van der Waals surface area contributed by atoms with Crippen molar-refractivity contribution < 1.29 is 4.74 Å². The van der Waals surface area contributed by atoms with Crippen LogP contribution in [0.4, 0.5) is 5.69 Å². The second-order valence-electron chi connectivity index (χ2n) is 6.37. The van der Waals surface area contributed by atoms with Gasteiger partial charge in [0.25, 0.3) is 0 Å². The Morgan fingerprint density at radius 3 is 2.07 bits per heavy atom. The lowest BCUT2D eigenvalue weighted by Gasteiger charge is -2.11. The molecule has 0 N–H and O–H groups in total. The fourth-order valence-corrected chi connectivity index (χ4v) is 3.21. The summed E-state index contributed by atoms with van der Waals surface area (Å²) in [6, 6.07) is 19.9. The maximum absolute atomic E-state index is 6.38. The van der Waals surface area contributed by atoms with Gasteiger partial charge in [-0.1, -0.05) is 72.1 Å². The highest BCUT2D eigenvalue weighted by atomic mass is 35.5. The van der Waals surface area contributed by atoms with Crippen molar-refractivity contribution in [2.75, 3.05) is 0 Å². The van der Waals surface area contributed by atoms with Crippen molar-refractivity contribution in [3.63, 3.8) is 0 Å². The number of ether oxygens (including phenoxy) is 1. The van der Waals surface area contributed by atoms with Crippen LogP contribution in [0.2, 0.25) is 10.0 Å². The summed E-state index contributed by atoms with van der Waals surface area (Å²) in [6.07, 6.45) is 2.77. The standard InChI is InChI=1S/C23H21Cl2NO/c1-3-17-8-10-20(11-9-17)26-14-19-12-21(24)23(22(25)13-19)27-15-18-6-4-16(2)5-7-18/h4-14H,3,15H2,1-2H3. The number of benzene rings is 3. The van der Waals surface area contributed by atoms with Gasteiger partial charge in [-0.15, -0.1) is 0 Å². The van der Waals surface area contributed by atoms with Crippen molar-refractivity contribution in [1.82, 2.24) is 0 Å². The van der Waals surface area contributed by atoms with Gasteiger partial charge < -0.3 is 4.74 Å². The smallest absolute Gasteiger partial charge is 0.157 e. The molecule has 0 amide bonds. The Morgan fingerprint density at radius 2 is 1.48 bits per heavy atom. The van der Waals surface area contributed by atoms with Crippen LogP contribution in [0.1, 0.15) is 29.2 Å². The van der Waals surface area contributed by atoms with Gasteiger partial charge in [0.15, 0.2) is 5.75 Å². The fourth-order valence-electron chi connectivity index (χ4n) is 2.60. The lowest BCUT2D eigenvalue weighted by molar-refractivity contribution is 0.306. The van der Waals surface area contributed by atoms with E-state index in [2.05, 4.69) is 43.1 Å². The Morgan fingerprint density at radius 1 is 0.889 bits per heavy atom. The van der Waals surface area contributed by atoms with Gasteiger partial charge in [-0.25, -0.2) is 0 Å². The Balaban J connectivity index is 1.71. The molecule has 0 aromatic heterocycles. The number of rotatable bonds is 6. The van der Waals surface area contributed by atoms with Crippen LogP contribution in [0.25, 0.3) is 0 Å². The molecule has 0 unspecified atom stereocenters. The highest BCUT2D eigenvalue weighted by molar-refractivity contribution is 6.37. The summed E-state index contributed by atoms with van der Waals surface area (Å²) in [5, 5.41) is 0.940. The molecule has 3 rings (SSSR count). The lowest BCUT2D eigenvalue weighted by atomic mass is 10.1. The quantitative estimate of drug-likeness (QED) is 0.403. The van der Waals surface area contributed by atoms with Crippen LogP contribution in [0.15, 0.2) is 65.7 Å². The van der Waals surface area contributed by atoms with E-state index in [0.717, 1.165) is 23.2 Å². The largest absolute Gasteiger partial charge is 0.486 e. The average Bonchev–Trinajstić information content (AvgIpc) is 2.67. The summed E-state index contributed by atoms with van der Waals surface area (Å²) in [7, 11) is 0. The predicted octanol–water partition coefficient (Wildman–Crippen LogP) is 7.19. The number of nitrogens with zero attached hydrogens (tertiary/aromatic N) is 1. The molecule has 0 aliphatic rings. The van der Waals surface area contributed by atoms with Crippen molar-refractivity contribution in [2.45, 2.75) is 26.9 Å². The SMILES string of the molecule is CCc1ccc(N=Cc2cc(Cl)c(OCc3ccc(C)cc3)c(Cl)c2)cc1. The van der Waals surface area contributed by atoms with Crippen LogP contribution in [0.5, 0.6) is 5.75 Å². The molecule has 0 atom stereocenters. The van der Waals surface area contributed by atoms with E-state index in [4.69, 9.17) is 27.9 Å².